The number of carbonyl (C=O) groups is 3. The van der Waals surface area contributed by atoms with E-state index in [1.165, 1.54) is 20.0 Å². The number of cyclic esters (lactones) is 2. The maximum absolute atomic E-state index is 11.9. The lowest BCUT2D eigenvalue weighted by Crippen LogP contribution is -2.42. The first-order chi connectivity index (χ1) is 11.8. The van der Waals surface area contributed by atoms with Gasteiger partial charge in [0.1, 0.15) is 0 Å². The molecule has 0 saturated carbocycles. The Kier molecular flexibility index (Phi) is 4.24. The van der Waals surface area contributed by atoms with Crippen LogP contribution in [0.25, 0.3) is 0 Å². The lowest BCUT2D eigenvalue weighted by atomic mass is 10.0. The van der Waals surface area contributed by atoms with Gasteiger partial charge in [0.2, 0.25) is 5.91 Å². The van der Waals surface area contributed by atoms with E-state index in [0.717, 1.165) is 11.3 Å². The molecule has 1 aromatic carbocycles. The van der Waals surface area contributed by atoms with Crippen molar-refractivity contribution in [3.63, 3.8) is 0 Å². The number of hydrogen-bond acceptors (Lipinski definition) is 6. The van der Waals surface area contributed by atoms with Gasteiger partial charge in [-0.15, -0.1) is 0 Å². The second-order valence-electron chi connectivity index (χ2n) is 6.36. The van der Waals surface area contributed by atoms with Gasteiger partial charge in [-0.25, -0.2) is 9.59 Å². The number of nitrogens with one attached hydrogen (secondary N) is 1. The molecule has 7 nitrogen and oxygen atoms in total. The molecular weight excluding hydrogens is 324 g/mol. The number of esters is 2. The number of benzene rings is 1. The molecule has 0 atom stereocenters. The molecule has 0 aromatic heterocycles. The molecule has 132 valence electrons. The van der Waals surface area contributed by atoms with E-state index in [1.807, 2.05) is 19.1 Å². The zero-order chi connectivity index (χ0) is 18.2. The van der Waals surface area contributed by atoms with E-state index in [9.17, 15) is 14.4 Å². The zero-order valence-electron chi connectivity index (χ0n) is 14.4. The molecule has 2 heterocycles. The molecule has 1 N–H and O–H groups in total. The molecule has 0 bridgehead atoms. The predicted molar refractivity (Wildman–Crippen MR) is 90.8 cm³/mol. The summed E-state index contributed by atoms with van der Waals surface area (Å²) >= 11 is 0. The molecule has 3 rings (SSSR count). The van der Waals surface area contributed by atoms with Gasteiger partial charge in [0.05, 0.1) is 0 Å². The van der Waals surface area contributed by atoms with Crippen LogP contribution in [-0.4, -0.2) is 30.2 Å². The van der Waals surface area contributed by atoms with E-state index in [-0.39, 0.29) is 11.5 Å². The van der Waals surface area contributed by atoms with Crippen molar-refractivity contribution in [3.05, 3.63) is 35.5 Å². The van der Waals surface area contributed by atoms with Crippen LogP contribution in [0.5, 0.6) is 0 Å². The number of nitrogens with zero attached hydrogens (tertiary/aromatic N) is 1. The van der Waals surface area contributed by atoms with E-state index >= 15 is 0 Å². The van der Waals surface area contributed by atoms with Crippen LogP contribution in [0, 0.1) is 0 Å². The van der Waals surface area contributed by atoms with Crippen molar-refractivity contribution in [1.29, 1.82) is 0 Å². The van der Waals surface area contributed by atoms with E-state index in [4.69, 9.17) is 9.47 Å². The first-order valence-electron chi connectivity index (χ1n) is 8.17. The Morgan fingerprint density at radius 1 is 1.16 bits per heavy atom. The normalized spacial score (nSPS) is 19.1. The van der Waals surface area contributed by atoms with Gasteiger partial charge in [0.25, 0.3) is 5.79 Å². The van der Waals surface area contributed by atoms with Crippen LogP contribution in [0.4, 0.5) is 11.4 Å². The zero-order valence-corrected chi connectivity index (χ0v) is 14.4. The van der Waals surface area contributed by atoms with Crippen LogP contribution >= 0.6 is 0 Å². The topological polar surface area (TPSA) is 84.9 Å². The van der Waals surface area contributed by atoms with Gasteiger partial charge in [-0.1, -0.05) is 0 Å². The third kappa shape index (κ3) is 3.35. The number of amides is 1. The van der Waals surface area contributed by atoms with Crippen molar-refractivity contribution >= 4 is 29.2 Å². The number of hydrogen-bond donors (Lipinski definition) is 1. The summed E-state index contributed by atoms with van der Waals surface area (Å²) in [6.45, 7) is 5.55. The quantitative estimate of drug-likeness (QED) is 0.514. The summed E-state index contributed by atoms with van der Waals surface area (Å²) in [6, 6.07) is 5.56. The third-order valence-corrected chi connectivity index (χ3v) is 4.10. The van der Waals surface area contributed by atoms with Crippen LogP contribution in [0.15, 0.2) is 30.0 Å². The molecule has 25 heavy (non-hydrogen) atoms. The maximum Gasteiger partial charge on any atom is 0.350 e. The highest BCUT2D eigenvalue weighted by atomic mass is 16.7. The number of carbonyl (C=O) groups excluding carboxylic acids is 3. The van der Waals surface area contributed by atoms with E-state index in [1.54, 1.807) is 11.0 Å². The third-order valence-electron chi connectivity index (χ3n) is 4.10. The fourth-order valence-corrected chi connectivity index (χ4v) is 2.93. The van der Waals surface area contributed by atoms with E-state index in [0.29, 0.717) is 25.1 Å². The van der Waals surface area contributed by atoms with Gasteiger partial charge in [-0.3, -0.25) is 4.79 Å². The minimum absolute atomic E-state index is 0.119. The minimum Gasteiger partial charge on any atom is -0.419 e. The summed E-state index contributed by atoms with van der Waals surface area (Å²) in [4.78, 5) is 37.5. The molecule has 0 radical (unpaired) electrons. The lowest BCUT2D eigenvalue weighted by molar-refractivity contribution is -0.222. The van der Waals surface area contributed by atoms with Crippen molar-refractivity contribution in [1.82, 2.24) is 0 Å². The van der Waals surface area contributed by atoms with Crippen LogP contribution in [-0.2, 0) is 30.3 Å². The van der Waals surface area contributed by atoms with Crippen molar-refractivity contribution in [2.24, 2.45) is 0 Å². The molecule has 1 fully saturated rings. The molecule has 2 aliphatic heterocycles. The monoisotopic (exact) mass is 344 g/mol. The average Bonchev–Trinajstić information content (AvgIpc) is 2.53. The Hall–Kier alpha value is -2.83. The Labute approximate surface area is 145 Å². The first-order valence-corrected chi connectivity index (χ1v) is 8.17. The second-order valence-corrected chi connectivity index (χ2v) is 6.36. The molecule has 1 aromatic rings. The van der Waals surface area contributed by atoms with Gasteiger partial charge in [-0.05, 0) is 37.1 Å². The predicted octanol–water partition coefficient (Wildman–Crippen LogP) is 2.12. The smallest absolute Gasteiger partial charge is 0.350 e. The molecule has 0 unspecified atom stereocenters. The van der Waals surface area contributed by atoms with Crippen molar-refractivity contribution < 1.29 is 23.9 Å². The lowest BCUT2D eigenvalue weighted by Gasteiger charge is -2.30. The fourth-order valence-electron chi connectivity index (χ4n) is 2.93. The number of rotatable bonds is 3. The molecule has 0 spiro atoms. The molecule has 2 aliphatic rings. The fraction of sp³-hybridized carbons (Fsp3) is 0.389. The number of fused-ring (bicyclic) bond motifs is 1. The van der Waals surface area contributed by atoms with E-state index < -0.39 is 17.7 Å². The SMILES string of the molecule is CCN1C(=O)CCc2cc(NC=C3C(=O)OC(C)(C)OC3=O)ccc21. The Morgan fingerprint density at radius 2 is 1.84 bits per heavy atom. The highest BCUT2D eigenvalue weighted by molar-refractivity contribution is 6.15. The average molecular weight is 344 g/mol. The summed E-state index contributed by atoms with van der Waals surface area (Å²) in [5.74, 6) is -2.59. The van der Waals surface area contributed by atoms with Crippen LogP contribution in [0.3, 0.4) is 0 Å². The van der Waals surface area contributed by atoms with Crippen molar-refractivity contribution in [2.75, 3.05) is 16.8 Å². The van der Waals surface area contributed by atoms with Gasteiger partial charge in [-0.2, -0.15) is 0 Å². The maximum atomic E-state index is 11.9. The molecule has 1 saturated heterocycles. The highest BCUT2D eigenvalue weighted by Crippen LogP contribution is 2.30. The van der Waals surface area contributed by atoms with Gasteiger partial charge in [0, 0.05) is 44.4 Å². The Balaban J connectivity index is 1.80. The Bertz CT molecular complexity index is 760. The summed E-state index contributed by atoms with van der Waals surface area (Å²) in [6.07, 6.45) is 2.42. The molecular formula is C18H20N2O5. The van der Waals surface area contributed by atoms with Crippen molar-refractivity contribution in [3.8, 4) is 0 Å². The minimum atomic E-state index is -1.26. The standard InChI is InChI=1S/C18H20N2O5/c1-4-20-14-7-6-12(9-11(14)5-8-15(20)21)19-10-13-16(22)24-18(2,3)25-17(13)23/h6-7,9-10,19H,4-5,8H2,1-3H3. The van der Waals surface area contributed by atoms with Crippen molar-refractivity contribution in [2.45, 2.75) is 39.4 Å². The summed E-state index contributed by atoms with van der Waals surface area (Å²) < 4.78 is 10.1. The Morgan fingerprint density at radius 3 is 2.48 bits per heavy atom. The molecule has 0 aliphatic carbocycles. The number of aryl methyl sites for hydroxylation is 1. The van der Waals surface area contributed by atoms with E-state index in [2.05, 4.69) is 5.32 Å². The van der Waals surface area contributed by atoms with Gasteiger partial charge in [0.15, 0.2) is 5.57 Å². The van der Waals surface area contributed by atoms with Gasteiger partial charge < -0.3 is 19.7 Å². The van der Waals surface area contributed by atoms with Crippen LogP contribution in [0.1, 0.15) is 32.8 Å². The highest BCUT2D eigenvalue weighted by Gasteiger charge is 2.39. The van der Waals surface area contributed by atoms with Gasteiger partial charge >= 0.3 is 11.9 Å². The molecule has 7 heteroatoms. The second kappa shape index (κ2) is 6.23. The van der Waals surface area contributed by atoms with Crippen LogP contribution in [0.2, 0.25) is 0 Å². The summed E-state index contributed by atoms with van der Waals surface area (Å²) in [5, 5.41) is 2.93. The number of anilines is 2. The largest absolute Gasteiger partial charge is 0.419 e. The summed E-state index contributed by atoms with van der Waals surface area (Å²) in [7, 11) is 0. The number of ether oxygens (including phenoxy) is 2. The first kappa shape index (κ1) is 17.0. The molecule has 1 amide bonds. The summed E-state index contributed by atoms with van der Waals surface area (Å²) in [5.41, 5.74) is 2.46. The van der Waals surface area contributed by atoms with Crippen LogP contribution < -0.4 is 10.2 Å².